The highest BCUT2D eigenvalue weighted by atomic mass is 19.1. The molecule has 0 spiro atoms. The zero-order chi connectivity index (χ0) is 18.8. The largest absolute Gasteiger partial charge is 0.334 e. The summed E-state index contributed by atoms with van der Waals surface area (Å²) in [6.07, 6.45) is 5.76. The van der Waals surface area contributed by atoms with Crippen molar-refractivity contribution in [1.29, 1.82) is 0 Å². The monoisotopic (exact) mass is 364 g/mol. The van der Waals surface area contributed by atoms with Gasteiger partial charge >= 0.3 is 0 Å². The Labute approximate surface area is 157 Å². The van der Waals surface area contributed by atoms with Crippen LogP contribution in [0.2, 0.25) is 0 Å². The third-order valence-corrected chi connectivity index (χ3v) is 5.01. The van der Waals surface area contributed by atoms with Crippen molar-refractivity contribution in [2.75, 3.05) is 6.54 Å². The van der Waals surface area contributed by atoms with Crippen LogP contribution >= 0.6 is 0 Å². The molecular weight excluding hydrogens is 343 g/mol. The predicted octanol–water partition coefficient (Wildman–Crippen LogP) is 3.62. The molecule has 1 aromatic carbocycles. The Bertz CT molecular complexity index is 951. The van der Waals surface area contributed by atoms with Crippen molar-refractivity contribution in [2.45, 2.75) is 32.2 Å². The standard InChI is InChI=1S/C21H21FN4O/c1-15-23-11-13-25(15)20-6-2-4-18(24-20)19-5-3-12-26(19)21(27)14-16-7-9-17(22)10-8-16/h2,4,6-11,13,19H,3,5,12,14H2,1H3/t19-/m1/s1. The van der Waals surface area contributed by atoms with Crippen LogP contribution in [0, 0.1) is 12.7 Å². The summed E-state index contributed by atoms with van der Waals surface area (Å²) in [7, 11) is 0. The van der Waals surface area contributed by atoms with Crippen molar-refractivity contribution in [1.82, 2.24) is 19.4 Å². The fraction of sp³-hybridized carbons (Fsp3) is 0.286. The Morgan fingerprint density at radius 3 is 2.78 bits per heavy atom. The number of likely N-dealkylation sites (tertiary alicyclic amines) is 1. The van der Waals surface area contributed by atoms with E-state index in [1.165, 1.54) is 12.1 Å². The molecule has 1 aliphatic heterocycles. The first-order valence-corrected chi connectivity index (χ1v) is 9.13. The van der Waals surface area contributed by atoms with E-state index in [-0.39, 0.29) is 24.2 Å². The van der Waals surface area contributed by atoms with Crippen LogP contribution in [0.5, 0.6) is 0 Å². The Balaban J connectivity index is 1.55. The molecule has 3 heterocycles. The lowest BCUT2D eigenvalue weighted by atomic mass is 10.1. The van der Waals surface area contributed by atoms with Crippen LogP contribution in [-0.4, -0.2) is 31.9 Å². The second-order valence-electron chi connectivity index (χ2n) is 6.81. The van der Waals surface area contributed by atoms with Crippen molar-refractivity contribution in [3.8, 4) is 5.82 Å². The van der Waals surface area contributed by atoms with E-state index in [1.807, 2.05) is 40.8 Å². The summed E-state index contributed by atoms with van der Waals surface area (Å²) in [6, 6.07) is 12.0. The maximum absolute atomic E-state index is 13.1. The van der Waals surface area contributed by atoms with E-state index in [1.54, 1.807) is 18.3 Å². The highest BCUT2D eigenvalue weighted by Gasteiger charge is 2.31. The van der Waals surface area contributed by atoms with Crippen LogP contribution < -0.4 is 0 Å². The molecule has 1 amide bonds. The van der Waals surface area contributed by atoms with Gasteiger partial charge in [0.1, 0.15) is 17.5 Å². The summed E-state index contributed by atoms with van der Waals surface area (Å²) in [6.45, 7) is 2.66. The molecular formula is C21H21FN4O. The summed E-state index contributed by atoms with van der Waals surface area (Å²) in [5.41, 5.74) is 1.72. The lowest BCUT2D eigenvalue weighted by Gasteiger charge is -2.25. The smallest absolute Gasteiger partial charge is 0.227 e. The van der Waals surface area contributed by atoms with Crippen LogP contribution in [-0.2, 0) is 11.2 Å². The average molecular weight is 364 g/mol. The highest BCUT2D eigenvalue weighted by molar-refractivity contribution is 5.79. The molecule has 6 heteroatoms. The van der Waals surface area contributed by atoms with E-state index < -0.39 is 0 Å². The average Bonchev–Trinajstić information content (AvgIpc) is 3.33. The SMILES string of the molecule is Cc1nccn1-c1cccc([C@H]2CCCN2C(=O)Cc2ccc(F)cc2)n1. The van der Waals surface area contributed by atoms with Crippen LogP contribution in [0.25, 0.3) is 5.82 Å². The number of benzene rings is 1. The lowest BCUT2D eigenvalue weighted by molar-refractivity contribution is -0.131. The molecule has 2 aromatic heterocycles. The second-order valence-corrected chi connectivity index (χ2v) is 6.81. The van der Waals surface area contributed by atoms with E-state index in [0.717, 1.165) is 42.3 Å². The molecule has 1 aliphatic rings. The molecule has 1 fully saturated rings. The number of rotatable bonds is 4. The third kappa shape index (κ3) is 3.60. The fourth-order valence-electron chi connectivity index (χ4n) is 3.63. The first-order valence-electron chi connectivity index (χ1n) is 9.13. The molecule has 138 valence electrons. The number of amides is 1. The normalized spacial score (nSPS) is 16.7. The Morgan fingerprint density at radius 1 is 1.22 bits per heavy atom. The summed E-state index contributed by atoms with van der Waals surface area (Å²) >= 11 is 0. The predicted molar refractivity (Wildman–Crippen MR) is 99.9 cm³/mol. The third-order valence-electron chi connectivity index (χ3n) is 5.01. The molecule has 0 radical (unpaired) electrons. The molecule has 4 rings (SSSR count). The van der Waals surface area contributed by atoms with E-state index in [9.17, 15) is 9.18 Å². The van der Waals surface area contributed by atoms with E-state index in [4.69, 9.17) is 4.98 Å². The van der Waals surface area contributed by atoms with Crippen LogP contribution in [0.15, 0.2) is 54.9 Å². The number of carbonyl (C=O) groups is 1. The van der Waals surface area contributed by atoms with Gasteiger partial charge < -0.3 is 4.90 Å². The minimum atomic E-state index is -0.291. The number of aryl methyl sites for hydroxylation is 1. The molecule has 0 N–H and O–H groups in total. The fourth-order valence-corrected chi connectivity index (χ4v) is 3.63. The van der Waals surface area contributed by atoms with Crippen LogP contribution in [0.3, 0.4) is 0 Å². The number of hydrogen-bond donors (Lipinski definition) is 0. The highest BCUT2D eigenvalue weighted by Crippen LogP contribution is 2.31. The number of pyridine rings is 1. The molecule has 0 unspecified atom stereocenters. The summed E-state index contributed by atoms with van der Waals surface area (Å²) in [4.78, 5) is 23.8. The zero-order valence-corrected chi connectivity index (χ0v) is 15.2. The zero-order valence-electron chi connectivity index (χ0n) is 15.2. The minimum Gasteiger partial charge on any atom is -0.334 e. The molecule has 27 heavy (non-hydrogen) atoms. The number of aromatic nitrogens is 3. The molecule has 3 aromatic rings. The molecule has 0 saturated carbocycles. The Morgan fingerprint density at radius 2 is 2.04 bits per heavy atom. The maximum atomic E-state index is 13.1. The van der Waals surface area contributed by atoms with Gasteiger partial charge in [0.2, 0.25) is 5.91 Å². The number of hydrogen-bond acceptors (Lipinski definition) is 3. The van der Waals surface area contributed by atoms with Gasteiger partial charge in [-0.15, -0.1) is 0 Å². The van der Waals surface area contributed by atoms with Gasteiger partial charge in [-0.25, -0.2) is 14.4 Å². The van der Waals surface area contributed by atoms with Crippen molar-refractivity contribution < 1.29 is 9.18 Å². The van der Waals surface area contributed by atoms with Crippen molar-refractivity contribution in [2.24, 2.45) is 0 Å². The van der Waals surface area contributed by atoms with Crippen LogP contribution in [0.1, 0.15) is 36.0 Å². The van der Waals surface area contributed by atoms with E-state index >= 15 is 0 Å². The molecule has 5 nitrogen and oxygen atoms in total. The van der Waals surface area contributed by atoms with Gasteiger partial charge in [0.05, 0.1) is 18.2 Å². The maximum Gasteiger partial charge on any atom is 0.227 e. The van der Waals surface area contributed by atoms with E-state index in [2.05, 4.69) is 4.98 Å². The van der Waals surface area contributed by atoms with Crippen molar-refractivity contribution in [3.63, 3.8) is 0 Å². The van der Waals surface area contributed by atoms with Gasteiger partial charge in [-0.2, -0.15) is 0 Å². The summed E-state index contributed by atoms with van der Waals surface area (Å²) in [5, 5.41) is 0. The minimum absolute atomic E-state index is 0.0262. The Kier molecular flexibility index (Phi) is 4.71. The summed E-state index contributed by atoms with van der Waals surface area (Å²) < 4.78 is 15.0. The van der Waals surface area contributed by atoms with Gasteiger partial charge in [0.15, 0.2) is 0 Å². The van der Waals surface area contributed by atoms with Gasteiger partial charge in [-0.3, -0.25) is 9.36 Å². The molecule has 0 bridgehead atoms. The van der Waals surface area contributed by atoms with Crippen molar-refractivity contribution >= 4 is 5.91 Å². The molecule has 1 atom stereocenters. The van der Waals surface area contributed by atoms with Gasteiger partial charge in [0, 0.05) is 18.9 Å². The number of carbonyl (C=O) groups excluding carboxylic acids is 1. The Hall–Kier alpha value is -3.02. The number of imidazole rings is 1. The topological polar surface area (TPSA) is 51.0 Å². The van der Waals surface area contributed by atoms with Gasteiger partial charge in [0.25, 0.3) is 0 Å². The first-order chi connectivity index (χ1) is 13.1. The van der Waals surface area contributed by atoms with Gasteiger partial charge in [-0.05, 0) is 49.6 Å². The van der Waals surface area contributed by atoms with Crippen molar-refractivity contribution in [3.05, 3.63) is 77.8 Å². The quantitative estimate of drug-likeness (QED) is 0.710. The van der Waals surface area contributed by atoms with Crippen LogP contribution in [0.4, 0.5) is 4.39 Å². The first kappa shape index (κ1) is 17.4. The van der Waals surface area contributed by atoms with E-state index in [0.29, 0.717) is 0 Å². The molecule has 0 aliphatic carbocycles. The summed E-state index contributed by atoms with van der Waals surface area (Å²) in [5.74, 6) is 1.44. The molecule has 1 saturated heterocycles. The lowest BCUT2D eigenvalue weighted by Crippen LogP contribution is -2.32. The number of nitrogens with zero attached hydrogens (tertiary/aromatic N) is 4. The van der Waals surface area contributed by atoms with Gasteiger partial charge in [-0.1, -0.05) is 18.2 Å². The number of halogens is 1. The second kappa shape index (κ2) is 7.31.